The summed E-state index contributed by atoms with van der Waals surface area (Å²) in [6.07, 6.45) is 3.78. The minimum absolute atomic E-state index is 0.139. The monoisotopic (exact) mass is 330 g/mol. The van der Waals surface area contributed by atoms with Crippen LogP contribution in [0, 0.1) is 0 Å². The van der Waals surface area contributed by atoms with Gasteiger partial charge in [0, 0.05) is 18.3 Å². The lowest BCUT2D eigenvalue weighted by Gasteiger charge is -2.31. The molecule has 1 aromatic heterocycles. The van der Waals surface area contributed by atoms with Crippen molar-refractivity contribution in [3.8, 4) is 0 Å². The lowest BCUT2D eigenvalue weighted by molar-refractivity contribution is -0.117. The second-order valence-electron chi connectivity index (χ2n) is 6.10. The van der Waals surface area contributed by atoms with Crippen molar-refractivity contribution in [2.45, 2.75) is 50.1 Å². The highest BCUT2D eigenvalue weighted by Crippen LogP contribution is 2.30. The summed E-state index contributed by atoms with van der Waals surface area (Å²) in [5, 5.41) is 8.73. The van der Waals surface area contributed by atoms with Crippen LogP contribution in [0.25, 0.3) is 0 Å². The Balaban J connectivity index is 1.77. The molecule has 0 saturated carbocycles. The van der Waals surface area contributed by atoms with E-state index in [4.69, 9.17) is 0 Å². The maximum atomic E-state index is 12.9. The molecule has 0 aliphatic carbocycles. The van der Waals surface area contributed by atoms with Crippen LogP contribution in [0.5, 0.6) is 0 Å². The zero-order valence-corrected chi connectivity index (χ0v) is 14.6. The highest BCUT2D eigenvalue weighted by molar-refractivity contribution is 8.00. The quantitative estimate of drug-likeness (QED) is 0.807. The van der Waals surface area contributed by atoms with Crippen molar-refractivity contribution in [2.75, 3.05) is 11.4 Å². The topological polar surface area (TPSA) is 51.0 Å². The van der Waals surface area contributed by atoms with Gasteiger partial charge in [0.2, 0.25) is 5.91 Å². The van der Waals surface area contributed by atoms with Crippen LogP contribution in [0.15, 0.2) is 35.7 Å². The molecule has 0 spiro atoms. The molecule has 6 heteroatoms. The molecule has 3 rings (SSSR count). The van der Waals surface area contributed by atoms with Crippen molar-refractivity contribution in [1.82, 2.24) is 14.8 Å². The summed E-state index contributed by atoms with van der Waals surface area (Å²) in [6.45, 7) is 6.91. The molecule has 23 heavy (non-hydrogen) atoms. The van der Waals surface area contributed by atoms with E-state index < -0.39 is 0 Å². The van der Waals surface area contributed by atoms with Gasteiger partial charge in [0.25, 0.3) is 0 Å². The van der Waals surface area contributed by atoms with Crippen LogP contribution in [0.3, 0.4) is 0 Å². The molecular weight excluding hydrogens is 308 g/mol. The van der Waals surface area contributed by atoms with Crippen molar-refractivity contribution >= 4 is 23.4 Å². The zero-order valence-electron chi connectivity index (χ0n) is 13.8. The Kier molecular flexibility index (Phi) is 4.71. The van der Waals surface area contributed by atoms with Crippen LogP contribution in [0.2, 0.25) is 0 Å². The molecule has 1 unspecified atom stereocenters. The van der Waals surface area contributed by atoms with Crippen molar-refractivity contribution in [3.05, 3.63) is 36.2 Å². The third-order valence-electron chi connectivity index (χ3n) is 4.10. The van der Waals surface area contributed by atoms with E-state index in [2.05, 4.69) is 30.1 Å². The molecule has 2 aromatic rings. The molecule has 1 atom stereocenters. The minimum atomic E-state index is -0.192. The van der Waals surface area contributed by atoms with Gasteiger partial charge >= 0.3 is 0 Å². The standard InChI is InChI=1S/C17H22N4OS/c1-12(2)21-11-18-19-17(21)23-13(3)16(22)20-10-6-8-14-7-4-5-9-15(14)20/h4-5,7,9,11-13H,6,8,10H2,1-3H3. The fraction of sp³-hybridized carbons (Fsp3) is 0.471. The van der Waals surface area contributed by atoms with Crippen molar-refractivity contribution in [2.24, 2.45) is 0 Å². The molecular formula is C17H22N4OS. The van der Waals surface area contributed by atoms with E-state index in [-0.39, 0.29) is 17.2 Å². The number of carbonyl (C=O) groups is 1. The molecule has 0 radical (unpaired) electrons. The van der Waals surface area contributed by atoms with Gasteiger partial charge in [0.15, 0.2) is 5.16 Å². The fourth-order valence-electron chi connectivity index (χ4n) is 2.86. The van der Waals surface area contributed by atoms with Gasteiger partial charge in [-0.3, -0.25) is 4.79 Å². The van der Waals surface area contributed by atoms with E-state index in [0.717, 1.165) is 30.2 Å². The number of benzene rings is 1. The van der Waals surface area contributed by atoms with Gasteiger partial charge in [-0.15, -0.1) is 10.2 Å². The van der Waals surface area contributed by atoms with Gasteiger partial charge in [0.1, 0.15) is 6.33 Å². The van der Waals surface area contributed by atoms with Gasteiger partial charge in [-0.05, 0) is 45.2 Å². The summed E-state index contributed by atoms with van der Waals surface area (Å²) < 4.78 is 2.00. The number of carbonyl (C=O) groups excluding carboxylic acids is 1. The predicted molar refractivity (Wildman–Crippen MR) is 92.8 cm³/mol. The first-order valence-electron chi connectivity index (χ1n) is 8.03. The number of anilines is 1. The van der Waals surface area contributed by atoms with Crippen molar-refractivity contribution in [1.29, 1.82) is 0 Å². The molecule has 1 aliphatic heterocycles. The third kappa shape index (κ3) is 3.27. The first kappa shape index (κ1) is 16.1. The van der Waals surface area contributed by atoms with Crippen molar-refractivity contribution in [3.63, 3.8) is 0 Å². The summed E-state index contributed by atoms with van der Waals surface area (Å²) >= 11 is 1.48. The number of rotatable bonds is 4. The first-order chi connectivity index (χ1) is 11.1. The van der Waals surface area contributed by atoms with Gasteiger partial charge in [-0.2, -0.15) is 0 Å². The largest absolute Gasteiger partial charge is 0.311 e. The number of aromatic nitrogens is 3. The summed E-state index contributed by atoms with van der Waals surface area (Å²) in [4.78, 5) is 14.8. The highest BCUT2D eigenvalue weighted by atomic mass is 32.2. The van der Waals surface area contributed by atoms with E-state index in [1.165, 1.54) is 17.3 Å². The number of thioether (sulfide) groups is 1. The molecule has 0 saturated heterocycles. The van der Waals surface area contributed by atoms with Crippen LogP contribution in [0.1, 0.15) is 38.8 Å². The van der Waals surface area contributed by atoms with E-state index in [0.29, 0.717) is 0 Å². The van der Waals surface area contributed by atoms with Gasteiger partial charge in [-0.1, -0.05) is 30.0 Å². The maximum absolute atomic E-state index is 12.9. The average molecular weight is 330 g/mol. The second-order valence-corrected chi connectivity index (χ2v) is 7.40. The Morgan fingerprint density at radius 1 is 1.26 bits per heavy atom. The van der Waals surface area contributed by atoms with Gasteiger partial charge in [0.05, 0.1) is 5.25 Å². The molecule has 2 heterocycles. The van der Waals surface area contributed by atoms with Crippen molar-refractivity contribution < 1.29 is 4.79 Å². The number of fused-ring (bicyclic) bond motifs is 1. The summed E-state index contributed by atoms with van der Waals surface area (Å²) in [7, 11) is 0. The zero-order chi connectivity index (χ0) is 16.4. The molecule has 0 bridgehead atoms. The van der Waals surface area contributed by atoms with Crippen LogP contribution < -0.4 is 4.90 Å². The number of aryl methyl sites for hydroxylation is 1. The first-order valence-corrected chi connectivity index (χ1v) is 8.91. The van der Waals surface area contributed by atoms with Crippen LogP contribution in [0.4, 0.5) is 5.69 Å². The molecule has 1 aliphatic rings. The lowest BCUT2D eigenvalue weighted by atomic mass is 10.0. The van der Waals surface area contributed by atoms with E-state index in [1.807, 2.05) is 34.6 Å². The Labute approximate surface area is 141 Å². The SMILES string of the molecule is CC(Sc1nncn1C(C)C)C(=O)N1CCCc2ccccc21. The predicted octanol–water partition coefficient (Wildman–Crippen LogP) is 3.32. The van der Waals surface area contributed by atoms with E-state index in [9.17, 15) is 4.79 Å². The molecule has 0 N–H and O–H groups in total. The van der Waals surface area contributed by atoms with Crippen LogP contribution in [-0.4, -0.2) is 32.5 Å². The normalized spacial score (nSPS) is 15.6. The Bertz CT molecular complexity index is 697. The minimum Gasteiger partial charge on any atom is -0.311 e. The highest BCUT2D eigenvalue weighted by Gasteiger charge is 2.27. The van der Waals surface area contributed by atoms with Crippen LogP contribution in [-0.2, 0) is 11.2 Å². The van der Waals surface area contributed by atoms with Crippen LogP contribution >= 0.6 is 11.8 Å². The molecule has 0 fully saturated rings. The molecule has 1 aromatic carbocycles. The Hall–Kier alpha value is -1.82. The van der Waals surface area contributed by atoms with Gasteiger partial charge < -0.3 is 9.47 Å². The average Bonchev–Trinajstić information content (AvgIpc) is 3.02. The number of hydrogen-bond acceptors (Lipinski definition) is 4. The summed E-state index contributed by atoms with van der Waals surface area (Å²) in [6, 6.07) is 8.47. The third-order valence-corrected chi connectivity index (χ3v) is 5.16. The Morgan fingerprint density at radius 2 is 2.04 bits per heavy atom. The summed E-state index contributed by atoms with van der Waals surface area (Å²) in [5.74, 6) is 0.139. The maximum Gasteiger partial charge on any atom is 0.240 e. The van der Waals surface area contributed by atoms with E-state index >= 15 is 0 Å². The van der Waals surface area contributed by atoms with E-state index in [1.54, 1.807) is 6.33 Å². The number of amides is 1. The lowest BCUT2D eigenvalue weighted by Crippen LogP contribution is -2.40. The summed E-state index contributed by atoms with van der Waals surface area (Å²) in [5.41, 5.74) is 2.32. The number of hydrogen-bond donors (Lipinski definition) is 0. The number of para-hydroxylation sites is 1. The Morgan fingerprint density at radius 3 is 2.83 bits per heavy atom. The smallest absolute Gasteiger partial charge is 0.240 e. The molecule has 5 nitrogen and oxygen atoms in total. The molecule has 122 valence electrons. The fourth-order valence-corrected chi connectivity index (χ4v) is 3.88. The second kappa shape index (κ2) is 6.74. The number of nitrogens with zero attached hydrogens (tertiary/aromatic N) is 4. The molecule has 1 amide bonds. The van der Waals surface area contributed by atoms with Gasteiger partial charge in [-0.25, -0.2) is 0 Å².